The summed E-state index contributed by atoms with van der Waals surface area (Å²) in [6, 6.07) is 0.207. The van der Waals surface area contributed by atoms with Gasteiger partial charge in [-0.3, -0.25) is 9.59 Å². The molecule has 1 aromatic rings. The van der Waals surface area contributed by atoms with Crippen molar-refractivity contribution in [3.63, 3.8) is 0 Å². The van der Waals surface area contributed by atoms with Crippen molar-refractivity contribution in [2.75, 3.05) is 0 Å². The van der Waals surface area contributed by atoms with Gasteiger partial charge < -0.3 is 20.3 Å². The summed E-state index contributed by atoms with van der Waals surface area (Å²) in [6.45, 7) is 6.96. The highest BCUT2D eigenvalue weighted by molar-refractivity contribution is 5.97. The number of carbonyl (C=O) groups is 3. The van der Waals surface area contributed by atoms with Gasteiger partial charge in [-0.05, 0) is 27.7 Å². The van der Waals surface area contributed by atoms with Gasteiger partial charge in [0.2, 0.25) is 11.7 Å². The molecular formula is C12H17N3O5. The van der Waals surface area contributed by atoms with Gasteiger partial charge in [-0.25, -0.2) is 4.79 Å². The lowest BCUT2D eigenvalue weighted by atomic mass is 10.1. The normalized spacial score (nSPS) is 12.6. The largest absolute Gasteiger partial charge is 0.475 e. The Kier molecular flexibility index (Phi) is 4.49. The second-order valence-electron chi connectivity index (χ2n) is 5.32. The fourth-order valence-corrected chi connectivity index (χ4v) is 1.30. The average Bonchev–Trinajstić information content (AvgIpc) is 2.75. The molecule has 0 aliphatic rings. The van der Waals surface area contributed by atoms with Crippen LogP contribution in [0.1, 0.15) is 48.7 Å². The molecule has 8 nitrogen and oxygen atoms in total. The lowest BCUT2D eigenvalue weighted by Gasteiger charge is -2.23. The first-order valence-corrected chi connectivity index (χ1v) is 5.93. The summed E-state index contributed by atoms with van der Waals surface area (Å²) in [5.74, 6) is -2.80. The SMILES string of the molecule is CC(NC(=O)c1cc(C(=O)O)on1)C(=O)NC(C)(C)C. The molecule has 0 bridgehead atoms. The summed E-state index contributed by atoms with van der Waals surface area (Å²) in [6.07, 6.45) is 0. The van der Waals surface area contributed by atoms with Crippen LogP contribution >= 0.6 is 0 Å². The average molecular weight is 283 g/mol. The summed E-state index contributed by atoms with van der Waals surface area (Å²) in [5, 5.41) is 17.1. The van der Waals surface area contributed by atoms with Crippen molar-refractivity contribution < 1.29 is 24.0 Å². The van der Waals surface area contributed by atoms with Crippen LogP contribution in [0.4, 0.5) is 0 Å². The summed E-state index contributed by atoms with van der Waals surface area (Å²) in [4.78, 5) is 34.1. The molecule has 3 N–H and O–H groups in total. The maximum absolute atomic E-state index is 11.8. The lowest BCUT2D eigenvalue weighted by Crippen LogP contribution is -2.50. The summed E-state index contributed by atoms with van der Waals surface area (Å²) >= 11 is 0. The zero-order chi connectivity index (χ0) is 15.5. The first-order chi connectivity index (χ1) is 9.10. The Balaban J connectivity index is 2.65. The molecule has 1 aromatic heterocycles. The minimum atomic E-state index is -1.32. The molecule has 0 aliphatic carbocycles. The van der Waals surface area contributed by atoms with Gasteiger partial charge in [-0.2, -0.15) is 0 Å². The fraction of sp³-hybridized carbons (Fsp3) is 0.500. The van der Waals surface area contributed by atoms with E-state index in [-0.39, 0.29) is 11.6 Å². The van der Waals surface area contributed by atoms with Gasteiger partial charge >= 0.3 is 5.97 Å². The molecule has 1 atom stereocenters. The van der Waals surface area contributed by atoms with Gasteiger partial charge in [0.1, 0.15) is 6.04 Å². The van der Waals surface area contributed by atoms with Crippen molar-refractivity contribution in [1.82, 2.24) is 15.8 Å². The van der Waals surface area contributed by atoms with Crippen LogP contribution in [0.15, 0.2) is 10.6 Å². The number of nitrogens with one attached hydrogen (secondary N) is 2. The monoisotopic (exact) mass is 283 g/mol. The number of hydrogen-bond donors (Lipinski definition) is 3. The van der Waals surface area contributed by atoms with Crippen molar-refractivity contribution in [2.24, 2.45) is 0 Å². The Hall–Kier alpha value is -2.38. The molecule has 20 heavy (non-hydrogen) atoms. The van der Waals surface area contributed by atoms with Crippen molar-refractivity contribution in [3.05, 3.63) is 17.5 Å². The van der Waals surface area contributed by atoms with Gasteiger partial charge in [0.05, 0.1) is 0 Å². The standard InChI is InChI=1S/C12H17N3O5/c1-6(9(16)14-12(2,3)4)13-10(17)7-5-8(11(18)19)20-15-7/h5-6H,1-4H3,(H,13,17)(H,14,16)(H,18,19). The Morgan fingerprint density at radius 3 is 2.40 bits per heavy atom. The number of rotatable bonds is 4. The zero-order valence-electron chi connectivity index (χ0n) is 11.7. The van der Waals surface area contributed by atoms with Crippen molar-refractivity contribution in [3.8, 4) is 0 Å². The molecule has 1 heterocycles. The number of amides is 2. The van der Waals surface area contributed by atoms with Gasteiger partial charge in [0, 0.05) is 11.6 Å². The number of aromatic nitrogens is 1. The van der Waals surface area contributed by atoms with Crippen LogP contribution < -0.4 is 10.6 Å². The summed E-state index contributed by atoms with van der Waals surface area (Å²) in [5.41, 5.74) is -0.613. The first kappa shape index (κ1) is 15.7. The highest BCUT2D eigenvalue weighted by atomic mass is 16.5. The highest BCUT2D eigenvalue weighted by Gasteiger charge is 2.23. The Morgan fingerprint density at radius 2 is 1.95 bits per heavy atom. The fourth-order valence-electron chi connectivity index (χ4n) is 1.30. The molecular weight excluding hydrogens is 266 g/mol. The molecule has 0 saturated heterocycles. The molecule has 0 radical (unpaired) electrons. The Bertz CT molecular complexity index is 529. The summed E-state index contributed by atoms with van der Waals surface area (Å²) in [7, 11) is 0. The van der Waals surface area contributed by atoms with Crippen LogP contribution in [-0.4, -0.2) is 39.6 Å². The second-order valence-corrected chi connectivity index (χ2v) is 5.32. The Labute approximate surface area is 115 Å². The van der Waals surface area contributed by atoms with E-state index in [1.165, 1.54) is 6.92 Å². The van der Waals surface area contributed by atoms with E-state index < -0.39 is 29.2 Å². The predicted molar refractivity (Wildman–Crippen MR) is 68.3 cm³/mol. The topological polar surface area (TPSA) is 122 Å². The number of aromatic carboxylic acids is 1. The highest BCUT2D eigenvalue weighted by Crippen LogP contribution is 2.04. The van der Waals surface area contributed by atoms with E-state index in [9.17, 15) is 14.4 Å². The second kappa shape index (κ2) is 5.72. The molecule has 0 spiro atoms. The Morgan fingerprint density at radius 1 is 1.35 bits per heavy atom. The molecule has 110 valence electrons. The molecule has 0 fully saturated rings. The van der Waals surface area contributed by atoms with E-state index in [1.54, 1.807) is 0 Å². The maximum atomic E-state index is 11.8. The van der Waals surface area contributed by atoms with Gasteiger partial charge in [0.15, 0.2) is 5.69 Å². The van der Waals surface area contributed by atoms with Crippen LogP contribution in [0.5, 0.6) is 0 Å². The van der Waals surface area contributed by atoms with Gasteiger partial charge in [0.25, 0.3) is 5.91 Å². The van der Waals surface area contributed by atoms with Crippen molar-refractivity contribution >= 4 is 17.8 Å². The van der Waals surface area contributed by atoms with E-state index in [4.69, 9.17) is 5.11 Å². The van der Waals surface area contributed by atoms with Crippen LogP contribution in [0.3, 0.4) is 0 Å². The molecule has 8 heteroatoms. The number of carboxylic acid groups (broad SMARTS) is 1. The number of hydrogen-bond acceptors (Lipinski definition) is 5. The number of carboxylic acids is 1. The van der Waals surface area contributed by atoms with E-state index in [0.717, 1.165) is 6.07 Å². The van der Waals surface area contributed by atoms with E-state index in [2.05, 4.69) is 20.3 Å². The first-order valence-electron chi connectivity index (χ1n) is 5.93. The van der Waals surface area contributed by atoms with Crippen molar-refractivity contribution in [1.29, 1.82) is 0 Å². The third-order valence-electron chi connectivity index (χ3n) is 2.19. The molecule has 1 rings (SSSR count). The maximum Gasteiger partial charge on any atom is 0.374 e. The van der Waals surface area contributed by atoms with Gasteiger partial charge in [-0.1, -0.05) is 5.16 Å². The minimum absolute atomic E-state index is 0.196. The van der Waals surface area contributed by atoms with E-state index >= 15 is 0 Å². The lowest BCUT2D eigenvalue weighted by molar-refractivity contribution is -0.124. The van der Waals surface area contributed by atoms with Crippen LogP contribution in [-0.2, 0) is 4.79 Å². The number of carbonyl (C=O) groups excluding carboxylic acids is 2. The zero-order valence-corrected chi connectivity index (χ0v) is 11.7. The predicted octanol–water partition coefficient (Wildman–Crippen LogP) is 0.406. The van der Waals surface area contributed by atoms with Crippen LogP contribution in [0.25, 0.3) is 0 Å². The molecule has 0 aromatic carbocycles. The molecule has 0 saturated carbocycles. The van der Waals surface area contributed by atoms with Gasteiger partial charge in [-0.15, -0.1) is 0 Å². The van der Waals surface area contributed by atoms with Crippen LogP contribution in [0, 0.1) is 0 Å². The third-order valence-corrected chi connectivity index (χ3v) is 2.19. The number of nitrogens with zero attached hydrogens (tertiary/aromatic N) is 1. The summed E-state index contributed by atoms with van der Waals surface area (Å²) < 4.78 is 4.46. The van der Waals surface area contributed by atoms with E-state index in [1.807, 2.05) is 20.8 Å². The molecule has 2 amide bonds. The minimum Gasteiger partial charge on any atom is -0.475 e. The third kappa shape index (κ3) is 4.38. The van der Waals surface area contributed by atoms with E-state index in [0.29, 0.717) is 0 Å². The smallest absolute Gasteiger partial charge is 0.374 e. The molecule has 1 unspecified atom stereocenters. The van der Waals surface area contributed by atoms with Crippen molar-refractivity contribution in [2.45, 2.75) is 39.3 Å². The quantitative estimate of drug-likeness (QED) is 0.735. The van der Waals surface area contributed by atoms with Crippen LogP contribution in [0.2, 0.25) is 0 Å². The molecule has 0 aliphatic heterocycles.